The van der Waals surface area contributed by atoms with E-state index in [1.807, 2.05) is 24.4 Å². The van der Waals surface area contributed by atoms with E-state index in [1.165, 1.54) is 0 Å². The number of aromatic nitrogens is 1. The van der Waals surface area contributed by atoms with Crippen molar-refractivity contribution in [3.63, 3.8) is 0 Å². The van der Waals surface area contributed by atoms with Gasteiger partial charge in [0.1, 0.15) is 0 Å². The summed E-state index contributed by atoms with van der Waals surface area (Å²) < 4.78 is 1.14. The lowest BCUT2D eigenvalue weighted by molar-refractivity contribution is -0.119. The van der Waals surface area contributed by atoms with Crippen LogP contribution in [0.25, 0.3) is 10.2 Å². The maximum atomic E-state index is 11.7. The van der Waals surface area contributed by atoms with E-state index in [2.05, 4.69) is 22.1 Å². The first kappa shape index (κ1) is 12.8. The molecule has 1 N–H and O–H groups in total. The minimum absolute atomic E-state index is 0.0564. The van der Waals surface area contributed by atoms with Crippen LogP contribution in [0.15, 0.2) is 23.7 Å². The van der Waals surface area contributed by atoms with Gasteiger partial charge in [0.05, 0.1) is 22.4 Å². The van der Waals surface area contributed by atoms with Gasteiger partial charge in [-0.3, -0.25) is 9.78 Å². The Hall–Kier alpha value is -1.62. The molecule has 1 amide bonds. The average molecular weight is 263 g/mol. The molecule has 0 saturated carbocycles. The van der Waals surface area contributed by atoms with Crippen LogP contribution in [0, 0.1) is 0 Å². The Kier molecular flexibility index (Phi) is 4.15. The van der Waals surface area contributed by atoms with Crippen molar-refractivity contribution in [1.29, 1.82) is 0 Å². The Morgan fingerprint density at radius 2 is 2.28 bits per heavy atom. The summed E-state index contributed by atoms with van der Waals surface area (Å²) in [5.74, 6) is 0.0564. The smallest absolute Gasteiger partial charge is 0.239 e. The van der Waals surface area contributed by atoms with Crippen LogP contribution in [-0.4, -0.2) is 30.5 Å². The van der Waals surface area contributed by atoms with Gasteiger partial charge in [0.25, 0.3) is 0 Å². The number of anilines is 1. The van der Waals surface area contributed by atoms with Crippen molar-refractivity contribution in [2.45, 2.75) is 13.8 Å². The molecule has 0 aliphatic carbocycles. The molecule has 96 valence electrons. The molecular formula is C13H17N3OS. The molecular weight excluding hydrogens is 246 g/mol. The molecule has 2 aromatic heterocycles. The number of likely N-dealkylation sites (N-methyl/N-ethyl adjacent to an activating group) is 2. The molecule has 0 aromatic carbocycles. The number of carbonyl (C=O) groups excluding carboxylic acids is 1. The van der Waals surface area contributed by atoms with Crippen LogP contribution in [0.3, 0.4) is 0 Å². The van der Waals surface area contributed by atoms with E-state index >= 15 is 0 Å². The van der Waals surface area contributed by atoms with Crippen LogP contribution < -0.4 is 10.2 Å². The van der Waals surface area contributed by atoms with Crippen molar-refractivity contribution in [3.8, 4) is 0 Å². The SMILES string of the molecule is CCNC(=O)CN(CC)c1ccnc2ccsc12. The monoisotopic (exact) mass is 263 g/mol. The van der Waals surface area contributed by atoms with Crippen molar-refractivity contribution < 1.29 is 4.79 Å². The topological polar surface area (TPSA) is 45.2 Å². The highest BCUT2D eigenvalue weighted by atomic mass is 32.1. The highest BCUT2D eigenvalue weighted by molar-refractivity contribution is 7.17. The van der Waals surface area contributed by atoms with Crippen LogP contribution in [0.5, 0.6) is 0 Å². The summed E-state index contributed by atoms with van der Waals surface area (Å²) in [6, 6.07) is 3.98. The Bertz CT molecular complexity index is 538. The second-order valence-electron chi connectivity index (χ2n) is 3.93. The van der Waals surface area contributed by atoms with Crippen molar-refractivity contribution in [2.24, 2.45) is 0 Å². The number of nitrogens with one attached hydrogen (secondary N) is 1. The first-order valence-electron chi connectivity index (χ1n) is 6.10. The van der Waals surface area contributed by atoms with Crippen molar-refractivity contribution >= 4 is 33.1 Å². The van der Waals surface area contributed by atoms with Crippen molar-refractivity contribution in [1.82, 2.24) is 10.3 Å². The zero-order chi connectivity index (χ0) is 13.0. The Morgan fingerprint density at radius 3 is 3.00 bits per heavy atom. The summed E-state index contributed by atoms with van der Waals surface area (Å²) in [5, 5.41) is 4.86. The molecule has 4 nitrogen and oxygen atoms in total. The van der Waals surface area contributed by atoms with E-state index in [0.29, 0.717) is 13.1 Å². The van der Waals surface area contributed by atoms with Crippen LogP contribution in [0.1, 0.15) is 13.8 Å². The fourth-order valence-corrected chi connectivity index (χ4v) is 2.79. The molecule has 0 unspecified atom stereocenters. The molecule has 0 radical (unpaired) electrons. The molecule has 0 bridgehead atoms. The van der Waals surface area contributed by atoms with Crippen LogP contribution >= 0.6 is 11.3 Å². The molecule has 0 fully saturated rings. The Balaban J connectivity index is 2.26. The number of hydrogen-bond acceptors (Lipinski definition) is 4. The summed E-state index contributed by atoms with van der Waals surface area (Å²) in [7, 11) is 0. The molecule has 5 heteroatoms. The van der Waals surface area contributed by atoms with Crippen LogP contribution in [-0.2, 0) is 4.79 Å². The van der Waals surface area contributed by atoms with E-state index in [0.717, 1.165) is 22.4 Å². The number of hydrogen-bond donors (Lipinski definition) is 1. The largest absolute Gasteiger partial charge is 0.361 e. The van der Waals surface area contributed by atoms with Gasteiger partial charge in [0.15, 0.2) is 0 Å². The number of carbonyl (C=O) groups is 1. The lowest BCUT2D eigenvalue weighted by atomic mass is 10.3. The third kappa shape index (κ3) is 2.61. The number of rotatable bonds is 5. The van der Waals surface area contributed by atoms with Crippen LogP contribution in [0.4, 0.5) is 5.69 Å². The molecule has 0 aliphatic heterocycles. The highest BCUT2D eigenvalue weighted by Gasteiger charge is 2.13. The molecule has 2 heterocycles. The third-order valence-electron chi connectivity index (χ3n) is 2.75. The summed E-state index contributed by atoms with van der Waals surface area (Å²) >= 11 is 1.66. The van der Waals surface area contributed by atoms with Gasteiger partial charge in [-0.2, -0.15) is 0 Å². The highest BCUT2D eigenvalue weighted by Crippen LogP contribution is 2.29. The van der Waals surface area contributed by atoms with Gasteiger partial charge in [0.2, 0.25) is 5.91 Å². The maximum Gasteiger partial charge on any atom is 0.239 e. The van der Waals surface area contributed by atoms with Gasteiger partial charge in [-0.1, -0.05) is 0 Å². The lowest BCUT2D eigenvalue weighted by Crippen LogP contribution is -2.37. The normalized spacial score (nSPS) is 10.6. The zero-order valence-corrected chi connectivity index (χ0v) is 11.5. The quantitative estimate of drug-likeness (QED) is 0.900. The lowest BCUT2D eigenvalue weighted by Gasteiger charge is -2.22. The molecule has 0 spiro atoms. The van der Waals surface area contributed by atoms with Gasteiger partial charge >= 0.3 is 0 Å². The minimum atomic E-state index is 0.0564. The number of fused-ring (bicyclic) bond motifs is 1. The van der Waals surface area contributed by atoms with Gasteiger partial charge in [-0.25, -0.2) is 0 Å². The second-order valence-corrected chi connectivity index (χ2v) is 4.85. The fourth-order valence-electron chi connectivity index (χ4n) is 1.90. The molecule has 18 heavy (non-hydrogen) atoms. The Labute approximate surface area is 111 Å². The van der Waals surface area contributed by atoms with Gasteiger partial charge in [-0.05, 0) is 31.4 Å². The molecule has 0 aliphatic rings. The number of nitrogens with zero attached hydrogens (tertiary/aromatic N) is 2. The molecule has 2 rings (SSSR count). The molecule has 0 saturated heterocycles. The second kappa shape index (κ2) is 5.82. The average Bonchev–Trinajstić information content (AvgIpc) is 2.84. The first-order valence-corrected chi connectivity index (χ1v) is 6.98. The summed E-state index contributed by atoms with van der Waals surface area (Å²) in [5.41, 5.74) is 2.08. The summed E-state index contributed by atoms with van der Waals surface area (Å²) in [6.07, 6.45) is 1.80. The summed E-state index contributed by atoms with van der Waals surface area (Å²) in [6.45, 7) is 5.84. The predicted octanol–water partition coefficient (Wildman–Crippen LogP) is 2.26. The molecule has 2 aromatic rings. The summed E-state index contributed by atoms with van der Waals surface area (Å²) in [4.78, 5) is 18.1. The van der Waals surface area contributed by atoms with E-state index in [1.54, 1.807) is 17.5 Å². The van der Waals surface area contributed by atoms with E-state index < -0.39 is 0 Å². The van der Waals surface area contributed by atoms with Crippen molar-refractivity contribution in [3.05, 3.63) is 23.7 Å². The van der Waals surface area contributed by atoms with E-state index in [-0.39, 0.29) is 5.91 Å². The van der Waals surface area contributed by atoms with E-state index in [9.17, 15) is 4.79 Å². The number of amides is 1. The number of thiophene rings is 1. The van der Waals surface area contributed by atoms with Gasteiger partial charge in [0, 0.05) is 19.3 Å². The number of pyridine rings is 1. The molecule has 0 atom stereocenters. The first-order chi connectivity index (χ1) is 8.76. The maximum absolute atomic E-state index is 11.7. The standard InChI is InChI=1S/C13H17N3OS/c1-3-14-12(17)9-16(4-2)11-5-7-15-10-6-8-18-13(10)11/h5-8H,3-4,9H2,1-2H3,(H,14,17). The van der Waals surface area contributed by atoms with Crippen molar-refractivity contribution in [2.75, 3.05) is 24.5 Å². The fraction of sp³-hybridized carbons (Fsp3) is 0.385. The van der Waals surface area contributed by atoms with Crippen LogP contribution in [0.2, 0.25) is 0 Å². The van der Waals surface area contributed by atoms with E-state index in [4.69, 9.17) is 0 Å². The Morgan fingerprint density at radius 1 is 1.44 bits per heavy atom. The van der Waals surface area contributed by atoms with Gasteiger partial charge in [-0.15, -0.1) is 11.3 Å². The third-order valence-corrected chi connectivity index (χ3v) is 3.68. The zero-order valence-electron chi connectivity index (χ0n) is 10.6. The predicted molar refractivity (Wildman–Crippen MR) is 76.2 cm³/mol. The minimum Gasteiger partial charge on any atom is -0.361 e. The van der Waals surface area contributed by atoms with Gasteiger partial charge < -0.3 is 10.2 Å².